The number of aryl methyl sites for hydroxylation is 1. The summed E-state index contributed by atoms with van der Waals surface area (Å²) < 4.78 is 0. The number of hydrogen-bond donors (Lipinski definition) is 0. The average Bonchev–Trinajstić information content (AvgIpc) is 2.64. The van der Waals surface area contributed by atoms with E-state index in [2.05, 4.69) is 32.2 Å². The highest BCUT2D eigenvalue weighted by Crippen LogP contribution is 2.44. The van der Waals surface area contributed by atoms with Gasteiger partial charge in [-0.15, -0.1) is 0 Å². The van der Waals surface area contributed by atoms with E-state index in [0.717, 1.165) is 23.7 Å². The van der Waals surface area contributed by atoms with Crippen LogP contribution in [0.25, 0.3) is 0 Å². The maximum Gasteiger partial charge on any atom is 0.0434 e. The molecule has 1 nitrogen and oxygen atoms in total. The van der Waals surface area contributed by atoms with Crippen LogP contribution in [-0.4, -0.2) is 4.98 Å². The molecule has 0 amide bonds. The van der Waals surface area contributed by atoms with E-state index in [1.54, 1.807) is 0 Å². The van der Waals surface area contributed by atoms with Crippen LogP contribution in [0.1, 0.15) is 102 Å². The lowest BCUT2D eigenvalue weighted by atomic mass is 9.68. The van der Waals surface area contributed by atoms with Crippen molar-refractivity contribution in [2.75, 3.05) is 0 Å². The highest BCUT2D eigenvalue weighted by atomic mass is 14.7. The zero-order valence-corrected chi connectivity index (χ0v) is 16.0. The molecule has 0 saturated heterocycles. The first-order valence-electron chi connectivity index (χ1n) is 10.7. The van der Waals surface area contributed by atoms with Gasteiger partial charge in [0, 0.05) is 17.8 Å². The Morgan fingerprint density at radius 1 is 0.833 bits per heavy atom. The highest BCUT2D eigenvalue weighted by molar-refractivity contribution is 5.17. The van der Waals surface area contributed by atoms with E-state index in [1.807, 2.05) is 0 Å². The number of hydrogen-bond acceptors (Lipinski definition) is 1. The maximum absolute atomic E-state index is 4.79. The molecule has 0 N–H and O–H groups in total. The Bertz CT molecular complexity index is 461. The SMILES string of the molecule is CCCc1ccc([C@H]2CC[C@H]([C@H]3CC[C@H](CCC)CC3)CC2)nc1. The molecule has 1 heteroatoms. The lowest BCUT2D eigenvalue weighted by Crippen LogP contribution is -2.25. The van der Waals surface area contributed by atoms with Gasteiger partial charge < -0.3 is 0 Å². The van der Waals surface area contributed by atoms with Crippen LogP contribution in [-0.2, 0) is 6.42 Å². The molecule has 0 aliphatic heterocycles. The molecule has 2 fully saturated rings. The molecule has 3 rings (SSSR count). The van der Waals surface area contributed by atoms with Crippen molar-refractivity contribution in [2.45, 2.75) is 96.8 Å². The monoisotopic (exact) mass is 327 g/mol. The largest absolute Gasteiger partial charge is 0.261 e. The predicted molar refractivity (Wildman–Crippen MR) is 103 cm³/mol. The van der Waals surface area contributed by atoms with Crippen LogP contribution in [0.2, 0.25) is 0 Å². The Kier molecular flexibility index (Phi) is 6.75. The second kappa shape index (κ2) is 9.02. The summed E-state index contributed by atoms with van der Waals surface area (Å²) in [5.41, 5.74) is 2.76. The number of nitrogens with zero attached hydrogens (tertiary/aromatic N) is 1. The van der Waals surface area contributed by atoms with E-state index in [0.29, 0.717) is 0 Å². The minimum absolute atomic E-state index is 0.730. The maximum atomic E-state index is 4.79. The molecule has 1 heterocycles. The van der Waals surface area contributed by atoms with Gasteiger partial charge in [0.2, 0.25) is 0 Å². The molecular weight excluding hydrogens is 290 g/mol. The van der Waals surface area contributed by atoms with Gasteiger partial charge in [0.05, 0.1) is 0 Å². The molecule has 0 radical (unpaired) electrons. The number of pyridine rings is 1. The smallest absolute Gasteiger partial charge is 0.0434 e. The van der Waals surface area contributed by atoms with Gasteiger partial charge in [-0.1, -0.05) is 52.0 Å². The first-order valence-corrected chi connectivity index (χ1v) is 10.7. The number of rotatable bonds is 6. The van der Waals surface area contributed by atoms with Crippen molar-refractivity contribution < 1.29 is 0 Å². The molecule has 2 saturated carbocycles. The molecule has 1 aromatic rings. The van der Waals surface area contributed by atoms with E-state index in [4.69, 9.17) is 4.98 Å². The van der Waals surface area contributed by atoms with Gasteiger partial charge in [0.15, 0.2) is 0 Å². The summed E-state index contributed by atoms with van der Waals surface area (Å²) in [5, 5.41) is 0. The Morgan fingerprint density at radius 3 is 2.04 bits per heavy atom. The van der Waals surface area contributed by atoms with E-state index < -0.39 is 0 Å². The fourth-order valence-electron chi connectivity index (χ4n) is 5.36. The molecule has 2 aliphatic rings. The fraction of sp³-hybridized carbons (Fsp3) is 0.783. The van der Waals surface area contributed by atoms with E-state index >= 15 is 0 Å². The molecule has 1 aromatic heterocycles. The van der Waals surface area contributed by atoms with Crippen molar-refractivity contribution in [1.29, 1.82) is 0 Å². The first kappa shape index (κ1) is 18.0. The topological polar surface area (TPSA) is 12.9 Å². The minimum atomic E-state index is 0.730. The van der Waals surface area contributed by atoms with E-state index in [9.17, 15) is 0 Å². The Morgan fingerprint density at radius 2 is 1.50 bits per heavy atom. The van der Waals surface area contributed by atoms with Crippen molar-refractivity contribution in [3.05, 3.63) is 29.6 Å². The van der Waals surface area contributed by atoms with Gasteiger partial charge in [-0.05, 0) is 74.3 Å². The van der Waals surface area contributed by atoms with Crippen molar-refractivity contribution in [3.8, 4) is 0 Å². The second-order valence-electron chi connectivity index (χ2n) is 8.52. The Labute approximate surface area is 149 Å². The Balaban J connectivity index is 1.45. The quantitative estimate of drug-likeness (QED) is 0.553. The molecule has 0 unspecified atom stereocenters. The van der Waals surface area contributed by atoms with Crippen LogP contribution in [0.5, 0.6) is 0 Å². The lowest BCUT2D eigenvalue weighted by Gasteiger charge is -2.37. The zero-order chi connectivity index (χ0) is 16.8. The molecule has 2 aliphatic carbocycles. The average molecular weight is 328 g/mol. The standard InChI is InChI=1S/C23H37N/c1-3-5-18-7-10-20(11-8-18)21-12-14-22(15-13-21)23-16-9-19(6-4-2)17-24-23/h9,16-18,20-22H,3-8,10-15H2,1-2H3/t18-,20-,21-,22-. The van der Waals surface area contributed by atoms with Crippen molar-refractivity contribution in [2.24, 2.45) is 17.8 Å². The summed E-state index contributed by atoms with van der Waals surface area (Å²) in [5.74, 6) is 3.84. The van der Waals surface area contributed by atoms with Crippen LogP contribution in [0.15, 0.2) is 18.3 Å². The molecule has 24 heavy (non-hydrogen) atoms. The molecule has 0 aromatic carbocycles. The summed E-state index contributed by atoms with van der Waals surface area (Å²) in [4.78, 5) is 4.79. The van der Waals surface area contributed by atoms with Crippen LogP contribution in [0.4, 0.5) is 0 Å². The van der Waals surface area contributed by atoms with Crippen LogP contribution >= 0.6 is 0 Å². The zero-order valence-electron chi connectivity index (χ0n) is 16.0. The summed E-state index contributed by atoms with van der Waals surface area (Å²) >= 11 is 0. The van der Waals surface area contributed by atoms with Gasteiger partial charge in [-0.3, -0.25) is 4.98 Å². The highest BCUT2D eigenvalue weighted by Gasteiger charge is 2.31. The van der Waals surface area contributed by atoms with E-state index in [-0.39, 0.29) is 0 Å². The van der Waals surface area contributed by atoms with Gasteiger partial charge in [-0.25, -0.2) is 0 Å². The fourth-order valence-corrected chi connectivity index (χ4v) is 5.36. The third-order valence-electron chi connectivity index (χ3n) is 6.83. The van der Waals surface area contributed by atoms with Gasteiger partial charge in [-0.2, -0.15) is 0 Å². The molecular formula is C23H37N. The van der Waals surface area contributed by atoms with Crippen LogP contribution < -0.4 is 0 Å². The van der Waals surface area contributed by atoms with Gasteiger partial charge in [0.25, 0.3) is 0 Å². The lowest BCUT2D eigenvalue weighted by molar-refractivity contribution is 0.156. The van der Waals surface area contributed by atoms with Gasteiger partial charge in [0.1, 0.15) is 0 Å². The predicted octanol–water partition coefficient (Wildman–Crippen LogP) is 6.91. The third-order valence-corrected chi connectivity index (χ3v) is 6.83. The summed E-state index contributed by atoms with van der Waals surface area (Å²) in [6.45, 7) is 4.58. The number of aromatic nitrogens is 1. The molecule has 0 spiro atoms. The molecule has 0 atom stereocenters. The van der Waals surface area contributed by atoms with Crippen LogP contribution in [0, 0.1) is 17.8 Å². The van der Waals surface area contributed by atoms with Crippen LogP contribution in [0.3, 0.4) is 0 Å². The summed E-state index contributed by atoms with van der Waals surface area (Å²) in [7, 11) is 0. The third kappa shape index (κ3) is 4.61. The van der Waals surface area contributed by atoms with E-state index in [1.165, 1.54) is 88.3 Å². The van der Waals surface area contributed by atoms with Gasteiger partial charge >= 0.3 is 0 Å². The van der Waals surface area contributed by atoms with Crippen molar-refractivity contribution >= 4 is 0 Å². The Hall–Kier alpha value is -0.850. The van der Waals surface area contributed by atoms with Crippen molar-refractivity contribution in [1.82, 2.24) is 4.98 Å². The normalized spacial score (nSPS) is 31.1. The second-order valence-corrected chi connectivity index (χ2v) is 8.52. The summed E-state index contributed by atoms with van der Waals surface area (Å²) in [6.07, 6.45) is 19.1. The molecule has 134 valence electrons. The first-order chi connectivity index (χ1) is 11.8. The minimum Gasteiger partial charge on any atom is -0.261 e. The summed E-state index contributed by atoms with van der Waals surface area (Å²) in [6, 6.07) is 4.62. The molecule has 0 bridgehead atoms. The van der Waals surface area contributed by atoms with Crippen molar-refractivity contribution in [3.63, 3.8) is 0 Å².